The predicted molar refractivity (Wildman–Crippen MR) is 110 cm³/mol. The highest BCUT2D eigenvalue weighted by atomic mass is 32.1. The number of carbonyl (C=O) groups is 2. The van der Waals surface area contributed by atoms with Gasteiger partial charge in [-0.2, -0.15) is 0 Å². The van der Waals surface area contributed by atoms with E-state index in [-0.39, 0.29) is 17.2 Å². The Morgan fingerprint density at radius 1 is 0.857 bits per heavy atom. The first-order valence-electron chi connectivity index (χ1n) is 8.49. The number of rotatable bonds is 5. The Balaban J connectivity index is 1.66. The number of carboxylic acid groups (broad SMARTS) is 1. The molecule has 4 aromatic rings. The Kier molecular flexibility index (Phi) is 4.78. The van der Waals surface area contributed by atoms with E-state index >= 15 is 0 Å². The third-order valence-corrected chi connectivity index (χ3v) is 5.14. The van der Waals surface area contributed by atoms with Crippen molar-refractivity contribution in [1.29, 1.82) is 0 Å². The second kappa shape index (κ2) is 7.54. The minimum Gasteiger partial charge on any atom is -0.478 e. The molecule has 4 rings (SSSR count). The van der Waals surface area contributed by atoms with Crippen LogP contribution >= 0.6 is 11.3 Å². The first-order chi connectivity index (χ1) is 13.6. The maximum absolute atomic E-state index is 12.8. The molecule has 0 unspecified atom stereocenters. The number of hydrogen-bond acceptors (Lipinski definition) is 4. The molecule has 0 bridgehead atoms. The zero-order chi connectivity index (χ0) is 19.5. The fraction of sp³-hybridized carbons (Fsp3) is 0. The lowest BCUT2D eigenvalue weighted by Gasteiger charge is -2.11. The van der Waals surface area contributed by atoms with Crippen molar-refractivity contribution < 1.29 is 19.4 Å². The molecular formula is C22H15NO4S. The van der Waals surface area contributed by atoms with Gasteiger partial charge in [-0.05, 0) is 30.3 Å². The van der Waals surface area contributed by atoms with Crippen LogP contribution in [0.5, 0.6) is 11.5 Å². The van der Waals surface area contributed by atoms with Gasteiger partial charge in [0.25, 0.3) is 5.91 Å². The van der Waals surface area contributed by atoms with E-state index in [1.165, 1.54) is 23.5 Å². The number of amides is 1. The summed E-state index contributed by atoms with van der Waals surface area (Å²) in [6.07, 6.45) is 0. The van der Waals surface area contributed by atoms with Crippen LogP contribution in [0.2, 0.25) is 0 Å². The van der Waals surface area contributed by atoms with Crippen LogP contribution in [0.3, 0.4) is 0 Å². The number of carboxylic acids is 1. The molecule has 0 radical (unpaired) electrons. The Labute approximate surface area is 164 Å². The maximum atomic E-state index is 12.8. The van der Waals surface area contributed by atoms with Gasteiger partial charge in [-0.15, -0.1) is 11.3 Å². The normalized spacial score (nSPS) is 10.6. The van der Waals surface area contributed by atoms with Crippen LogP contribution in [0, 0.1) is 0 Å². The van der Waals surface area contributed by atoms with Crippen LogP contribution in [0.4, 0.5) is 5.69 Å². The topological polar surface area (TPSA) is 75.6 Å². The van der Waals surface area contributed by atoms with Gasteiger partial charge in [-0.3, -0.25) is 4.79 Å². The molecule has 1 heterocycles. The summed E-state index contributed by atoms with van der Waals surface area (Å²) in [5.74, 6) is -0.443. The molecule has 28 heavy (non-hydrogen) atoms. The van der Waals surface area contributed by atoms with Crippen LogP contribution in [0.1, 0.15) is 20.7 Å². The van der Waals surface area contributed by atoms with Gasteiger partial charge in [0.05, 0.1) is 16.8 Å². The van der Waals surface area contributed by atoms with Crippen molar-refractivity contribution in [3.8, 4) is 11.5 Å². The average molecular weight is 389 g/mol. The largest absolute Gasteiger partial charge is 0.478 e. The molecule has 0 fully saturated rings. The van der Waals surface area contributed by atoms with Crippen molar-refractivity contribution in [3.63, 3.8) is 0 Å². The summed E-state index contributed by atoms with van der Waals surface area (Å²) in [7, 11) is 0. The van der Waals surface area contributed by atoms with Gasteiger partial charge in [0.1, 0.15) is 11.5 Å². The summed E-state index contributed by atoms with van der Waals surface area (Å²) >= 11 is 1.47. The van der Waals surface area contributed by atoms with E-state index in [1.807, 2.05) is 42.5 Å². The Morgan fingerprint density at radius 2 is 1.61 bits per heavy atom. The van der Waals surface area contributed by atoms with Gasteiger partial charge >= 0.3 is 5.97 Å². The fourth-order valence-corrected chi connectivity index (χ4v) is 3.79. The molecular weight excluding hydrogens is 374 g/mol. The molecule has 138 valence electrons. The molecule has 0 saturated heterocycles. The summed E-state index contributed by atoms with van der Waals surface area (Å²) in [6, 6.07) is 21.2. The van der Waals surface area contributed by atoms with Crippen molar-refractivity contribution in [2.24, 2.45) is 0 Å². The maximum Gasteiger partial charge on any atom is 0.337 e. The van der Waals surface area contributed by atoms with Gasteiger partial charge < -0.3 is 15.2 Å². The summed E-state index contributed by atoms with van der Waals surface area (Å²) in [4.78, 5) is 24.4. The van der Waals surface area contributed by atoms with Gasteiger partial charge in [0.15, 0.2) is 0 Å². The second-order valence-corrected chi connectivity index (χ2v) is 6.94. The van der Waals surface area contributed by atoms with Gasteiger partial charge in [0, 0.05) is 21.5 Å². The number of fused-ring (bicyclic) bond motifs is 1. The standard InChI is InChI=1S/C22H15NO4S/c24-21(18-13-28-20-9-5-4-8-16(18)20)23-19-12-15(10-11-17(19)22(25)26)27-14-6-2-1-3-7-14/h1-13H,(H,23,24)(H,25,26). The lowest BCUT2D eigenvalue weighted by molar-refractivity contribution is 0.0698. The number of thiophene rings is 1. The lowest BCUT2D eigenvalue weighted by atomic mass is 10.1. The number of carbonyl (C=O) groups excluding carboxylic acids is 1. The molecule has 2 N–H and O–H groups in total. The third kappa shape index (κ3) is 3.58. The molecule has 1 aromatic heterocycles. The molecule has 0 spiro atoms. The van der Waals surface area contributed by atoms with Crippen molar-refractivity contribution in [3.05, 3.63) is 89.3 Å². The van der Waals surface area contributed by atoms with Crippen molar-refractivity contribution in [2.45, 2.75) is 0 Å². The number of anilines is 1. The highest BCUT2D eigenvalue weighted by Crippen LogP contribution is 2.30. The molecule has 0 aliphatic rings. The molecule has 0 atom stereocenters. The molecule has 0 saturated carbocycles. The van der Waals surface area contributed by atoms with Crippen LogP contribution in [-0.4, -0.2) is 17.0 Å². The average Bonchev–Trinajstić information content (AvgIpc) is 3.13. The zero-order valence-corrected chi connectivity index (χ0v) is 15.4. The van der Waals surface area contributed by atoms with Crippen molar-refractivity contribution in [2.75, 3.05) is 5.32 Å². The highest BCUT2D eigenvalue weighted by molar-refractivity contribution is 7.17. The van der Waals surface area contributed by atoms with Crippen LogP contribution in [-0.2, 0) is 0 Å². The molecule has 6 heteroatoms. The number of para-hydroxylation sites is 1. The summed E-state index contributed by atoms with van der Waals surface area (Å²) in [5.41, 5.74) is 0.681. The number of benzene rings is 3. The van der Waals surface area contributed by atoms with Crippen LogP contribution in [0.15, 0.2) is 78.2 Å². The van der Waals surface area contributed by atoms with E-state index in [4.69, 9.17) is 4.74 Å². The highest BCUT2D eigenvalue weighted by Gasteiger charge is 2.17. The number of nitrogens with one attached hydrogen (secondary N) is 1. The first-order valence-corrected chi connectivity index (χ1v) is 9.37. The van der Waals surface area contributed by atoms with Crippen molar-refractivity contribution >= 4 is 39.0 Å². The van der Waals surface area contributed by atoms with E-state index in [0.717, 1.165) is 10.1 Å². The number of ether oxygens (including phenoxy) is 1. The van der Waals surface area contributed by atoms with E-state index in [9.17, 15) is 14.7 Å². The number of aromatic carboxylic acids is 1. The van der Waals surface area contributed by atoms with Gasteiger partial charge in [0.2, 0.25) is 0 Å². The smallest absolute Gasteiger partial charge is 0.337 e. The summed E-state index contributed by atoms with van der Waals surface area (Å²) in [6.45, 7) is 0. The minimum absolute atomic E-state index is 0.00621. The molecule has 5 nitrogen and oxygen atoms in total. The lowest BCUT2D eigenvalue weighted by Crippen LogP contribution is -2.14. The molecule has 3 aromatic carbocycles. The van der Waals surface area contributed by atoms with E-state index in [0.29, 0.717) is 17.1 Å². The quantitative estimate of drug-likeness (QED) is 0.463. The van der Waals surface area contributed by atoms with Crippen LogP contribution < -0.4 is 10.1 Å². The molecule has 1 amide bonds. The monoisotopic (exact) mass is 389 g/mol. The SMILES string of the molecule is O=C(O)c1ccc(Oc2ccccc2)cc1NC(=O)c1csc2ccccc12. The minimum atomic E-state index is -1.13. The van der Waals surface area contributed by atoms with Crippen LogP contribution in [0.25, 0.3) is 10.1 Å². The molecule has 0 aliphatic carbocycles. The summed E-state index contributed by atoms with van der Waals surface area (Å²) < 4.78 is 6.75. The first kappa shape index (κ1) is 17.8. The second-order valence-electron chi connectivity index (χ2n) is 6.03. The summed E-state index contributed by atoms with van der Waals surface area (Å²) in [5, 5.41) is 14.8. The van der Waals surface area contributed by atoms with Gasteiger partial charge in [-0.25, -0.2) is 4.79 Å². The van der Waals surface area contributed by atoms with Crippen molar-refractivity contribution in [1.82, 2.24) is 0 Å². The Morgan fingerprint density at radius 3 is 2.39 bits per heavy atom. The van der Waals surface area contributed by atoms with E-state index in [1.54, 1.807) is 23.6 Å². The Hall–Kier alpha value is -3.64. The van der Waals surface area contributed by atoms with E-state index in [2.05, 4.69) is 5.32 Å². The molecule has 0 aliphatic heterocycles. The van der Waals surface area contributed by atoms with Gasteiger partial charge in [-0.1, -0.05) is 36.4 Å². The number of hydrogen-bond donors (Lipinski definition) is 2. The zero-order valence-electron chi connectivity index (χ0n) is 14.6. The Bertz CT molecular complexity index is 1170. The third-order valence-electron chi connectivity index (χ3n) is 4.17. The predicted octanol–water partition coefficient (Wildman–Crippen LogP) is 5.64. The van der Waals surface area contributed by atoms with E-state index < -0.39 is 5.97 Å². The fourth-order valence-electron chi connectivity index (χ4n) is 2.84.